The molecule has 2 fully saturated rings. The SMILES string of the molecule is C[C@H](O)c1ccccc1N1CCC(N2CCOCC2)C1. The van der Waals surface area contributed by atoms with Crippen LogP contribution < -0.4 is 4.90 Å². The molecule has 4 heteroatoms. The molecule has 0 saturated carbocycles. The van der Waals surface area contributed by atoms with Gasteiger partial charge in [-0.05, 0) is 19.4 Å². The molecule has 2 saturated heterocycles. The first kappa shape index (κ1) is 13.9. The molecule has 1 N–H and O–H groups in total. The van der Waals surface area contributed by atoms with Crippen molar-refractivity contribution in [1.29, 1.82) is 0 Å². The smallest absolute Gasteiger partial charge is 0.0781 e. The van der Waals surface area contributed by atoms with Crippen molar-refractivity contribution in [2.75, 3.05) is 44.3 Å². The van der Waals surface area contributed by atoms with Gasteiger partial charge in [-0.2, -0.15) is 0 Å². The van der Waals surface area contributed by atoms with E-state index in [1.54, 1.807) is 0 Å². The summed E-state index contributed by atoms with van der Waals surface area (Å²) in [5.41, 5.74) is 2.23. The zero-order valence-electron chi connectivity index (χ0n) is 12.2. The number of rotatable bonds is 3. The summed E-state index contributed by atoms with van der Waals surface area (Å²) in [5, 5.41) is 9.93. The van der Waals surface area contributed by atoms with Crippen molar-refractivity contribution in [2.24, 2.45) is 0 Å². The molecule has 0 aromatic heterocycles. The Hall–Kier alpha value is -1.10. The molecule has 0 radical (unpaired) electrons. The number of para-hydroxylation sites is 1. The molecule has 1 aromatic rings. The highest BCUT2D eigenvalue weighted by molar-refractivity contribution is 5.55. The zero-order valence-corrected chi connectivity index (χ0v) is 12.2. The van der Waals surface area contributed by atoms with Gasteiger partial charge in [0.2, 0.25) is 0 Å². The predicted molar refractivity (Wildman–Crippen MR) is 80.1 cm³/mol. The number of aliphatic hydroxyl groups is 1. The minimum atomic E-state index is -0.409. The van der Waals surface area contributed by atoms with Crippen molar-refractivity contribution in [1.82, 2.24) is 4.90 Å². The average Bonchev–Trinajstić information content (AvgIpc) is 2.98. The maximum Gasteiger partial charge on any atom is 0.0781 e. The van der Waals surface area contributed by atoms with E-state index in [9.17, 15) is 5.11 Å². The van der Waals surface area contributed by atoms with Crippen LogP contribution in [0.1, 0.15) is 25.0 Å². The van der Waals surface area contributed by atoms with Gasteiger partial charge in [-0.1, -0.05) is 18.2 Å². The fourth-order valence-electron chi connectivity index (χ4n) is 3.33. The molecule has 1 aromatic carbocycles. The molecule has 20 heavy (non-hydrogen) atoms. The fourth-order valence-corrected chi connectivity index (χ4v) is 3.33. The molecule has 0 bridgehead atoms. The molecule has 4 nitrogen and oxygen atoms in total. The predicted octanol–water partition coefficient (Wildman–Crippen LogP) is 1.65. The Morgan fingerprint density at radius 2 is 1.95 bits per heavy atom. The maximum atomic E-state index is 9.93. The van der Waals surface area contributed by atoms with Crippen molar-refractivity contribution < 1.29 is 9.84 Å². The van der Waals surface area contributed by atoms with Crippen LogP contribution in [-0.2, 0) is 4.74 Å². The highest BCUT2D eigenvalue weighted by Crippen LogP contribution is 2.30. The molecule has 0 aliphatic carbocycles. The van der Waals surface area contributed by atoms with Gasteiger partial charge < -0.3 is 14.7 Å². The van der Waals surface area contributed by atoms with Gasteiger partial charge in [0, 0.05) is 43.5 Å². The summed E-state index contributed by atoms with van der Waals surface area (Å²) in [6, 6.07) is 8.84. The zero-order chi connectivity index (χ0) is 13.9. The van der Waals surface area contributed by atoms with Crippen LogP contribution in [0.25, 0.3) is 0 Å². The lowest BCUT2D eigenvalue weighted by atomic mass is 10.1. The second-order valence-corrected chi connectivity index (χ2v) is 5.77. The molecular formula is C16H24N2O2. The molecular weight excluding hydrogens is 252 g/mol. The summed E-state index contributed by atoms with van der Waals surface area (Å²) < 4.78 is 5.43. The Bertz CT molecular complexity index is 444. The second kappa shape index (κ2) is 6.12. The minimum Gasteiger partial charge on any atom is -0.389 e. The third kappa shape index (κ3) is 2.82. The molecule has 3 rings (SSSR count). The van der Waals surface area contributed by atoms with E-state index in [4.69, 9.17) is 4.74 Å². The van der Waals surface area contributed by atoms with Crippen LogP contribution in [-0.4, -0.2) is 55.4 Å². The monoisotopic (exact) mass is 276 g/mol. The van der Waals surface area contributed by atoms with E-state index >= 15 is 0 Å². The van der Waals surface area contributed by atoms with E-state index in [-0.39, 0.29) is 0 Å². The minimum absolute atomic E-state index is 0.409. The topological polar surface area (TPSA) is 35.9 Å². The van der Waals surface area contributed by atoms with Crippen LogP contribution >= 0.6 is 0 Å². The summed E-state index contributed by atoms with van der Waals surface area (Å²) >= 11 is 0. The Morgan fingerprint density at radius 3 is 2.70 bits per heavy atom. The number of aliphatic hydroxyl groups excluding tert-OH is 1. The van der Waals surface area contributed by atoms with E-state index in [0.29, 0.717) is 6.04 Å². The Kier molecular flexibility index (Phi) is 4.24. The highest BCUT2D eigenvalue weighted by Gasteiger charge is 2.29. The van der Waals surface area contributed by atoms with E-state index < -0.39 is 6.10 Å². The largest absolute Gasteiger partial charge is 0.389 e. The van der Waals surface area contributed by atoms with Crippen LogP contribution in [0.15, 0.2) is 24.3 Å². The Morgan fingerprint density at radius 1 is 1.20 bits per heavy atom. The third-order valence-corrected chi connectivity index (χ3v) is 4.45. The number of benzene rings is 1. The van der Waals surface area contributed by atoms with Gasteiger partial charge in [0.1, 0.15) is 0 Å². The van der Waals surface area contributed by atoms with Crippen LogP contribution in [0, 0.1) is 0 Å². The van der Waals surface area contributed by atoms with Crippen LogP contribution in [0.4, 0.5) is 5.69 Å². The molecule has 2 aliphatic heterocycles. The molecule has 2 aliphatic rings. The van der Waals surface area contributed by atoms with Crippen LogP contribution in [0.3, 0.4) is 0 Å². The first-order chi connectivity index (χ1) is 9.75. The maximum absolute atomic E-state index is 9.93. The average molecular weight is 276 g/mol. The fraction of sp³-hybridized carbons (Fsp3) is 0.625. The van der Waals surface area contributed by atoms with Gasteiger partial charge in [0.15, 0.2) is 0 Å². The first-order valence-corrected chi connectivity index (χ1v) is 7.59. The number of ether oxygens (including phenoxy) is 1. The lowest BCUT2D eigenvalue weighted by Crippen LogP contribution is -2.44. The Balaban J connectivity index is 1.70. The van der Waals surface area contributed by atoms with Gasteiger partial charge >= 0.3 is 0 Å². The number of nitrogens with zero attached hydrogens (tertiary/aromatic N) is 2. The molecule has 2 atom stereocenters. The van der Waals surface area contributed by atoms with Gasteiger partial charge in [0.05, 0.1) is 19.3 Å². The normalized spacial score (nSPS) is 25.9. The van der Waals surface area contributed by atoms with Crippen molar-refractivity contribution in [3.63, 3.8) is 0 Å². The summed E-state index contributed by atoms with van der Waals surface area (Å²) in [4.78, 5) is 4.97. The van der Waals surface area contributed by atoms with Crippen LogP contribution in [0.5, 0.6) is 0 Å². The lowest BCUT2D eigenvalue weighted by Gasteiger charge is -2.32. The summed E-state index contributed by atoms with van der Waals surface area (Å²) in [7, 11) is 0. The van der Waals surface area contributed by atoms with Gasteiger partial charge in [-0.3, -0.25) is 4.90 Å². The highest BCUT2D eigenvalue weighted by atomic mass is 16.5. The lowest BCUT2D eigenvalue weighted by molar-refractivity contribution is 0.0209. The number of hydrogen-bond acceptors (Lipinski definition) is 4. The van der Waals surface area contributed by atoms with Crippen molar-refractivity contribution in [3.8, 4) is 0 Å². The molecule has 1 unspecified atom stereocenters. The Labute approximate surface area is 120 Å². The van der Waals surface area contributed by atoms with E-state index in [0.717, 1.165) is 45.0 Å². The van der Waals surface area contributed by atoms with Gasteiger partial charge in [-0.25, -0.2) is 0 Å². The van der Waals surface area contributed by atoms with Gasteiger partial charge in [-0.15, -0.1) is 0 Å². The van der Waals surface area contributed by atoms with Crippen molar-refractivity contribution in [3.05, 3.63) is 29.8 Å². The van der Waals surface area contributed by atoms with E-state index in [1.807, 2.05) is 19.1 Å². The molecule has 110 valence electrons. The second-order valence-electron chi connectivity index (χ2n) is 5.77. The van der Waals surface area contributed by atoms with Gasteiger partial charge in [0.25, 0.3) is 0 Å². The summed E-state index contributed by atoms with van der Waals surface area (Å²) in [6.45, 7) is 7.80. The quantitative estimate of drug-likeness (QED) is 0.910. The molecule has 0 amide bonds. The van der Waals surface area contributed by atoms with Crippen molar-refractivity contribution >= 4 is 5.69 Å². The number of anilines is 1. The third-order valence-electron chi connectivity index (χ3n) is 4.45. The molecule has 0 spiro atoms. The summed E-state index contributed by atoms with van der Waals surface area (Å²) in [6.07, 6.45) is 0.794. The number of morpholine rings is 1. The standard InChI is InChI=1S/C16H24N2O2/c1-13(19)15-4-2-3-5-16(15)18-7-6-14(12-18)17-8-10-20-11-9-17/h2-5,13-14,19H,6-12H2,1H3/t13-,14?/m0/s1. The van der Waals surface area contributed by atoms with E-state index in [2.05, 4.69) is 21.9 Å². The van der Waals surface area contributed by atoms with E-state index in [1.165, 1.54) is 12.1 Å². The molecule has 2 heterocycles. The summed E-state index contributed by atoms with van der Waals surface area (Å²) in [5.74, 6) is 0. The van der Waals surface area contributed by atoms with Crippen LogP contribution in [0.2, 0.25) is 0 Å². The number of hydrogen-bond donors (Lipinski definition) is 1. The first-order valence-electron chi connectivity index (χ1n) is 7.59. The van der Waals surface area contributed by atoms with Crippen molar-refractivity contribution in [2.45, 2.75) is 25.5 Å².